The average molecular weight is 409 g/mol. The monoisotopic (exact) mass is 409 g/mol. The maximum Gasteiger partial charge on any atom is 0.265 e. The first-order valence-electron chi connectivity index (χ1n) is 10.6. The number of carbonyl (C=O) groups is 1. The van der Waals surface area contributed by atoms with Crippen molar-refractivity contribution < 1.29 is 4.79 Å². The quantitative estimate of drug-likeness (QED) is 0.502. The van der Waals surface area contributed by atoms with Crippen LogP contribution in [0.3, 0.4) is 0 Å². The van der Waals surface area contributed by atoms with E-state index in [9.17, 15) is 9.59 Å². The molecule has 1 aliphatic rings. The zero-order valence-electron chi connectivity index (χ0n) is 17.6. The first-order valence-corrected chi connectivity index (χ1v) is 10.6. The number of fused-ring (bicyclic) bond motifs is 2. The maximum atomic E-state index is 13.5. The van der Waals surface area contributed by atoms with Gasteiger partial charge in [-0.05, 0) is 49.7 Å². The van der Waals surface area contributed by atoms with E-state index in [0.717, 1.165) is 22.5 Å². The minimum atomic E-state index is -0.360. The molecule has 0 aliphatic carbocycles. The van der Waals surface area contributed by atoms with Gasteiger partial charge in [0.25, 0.3) is 5.56 Å². The van der Waals surface area contributed by atoms with Gasteiger partial charge in [-0.3, -0.25) is 14.2 Å². The molecular weight excluding hydrogens is 386 g/mol. The summed E-state index contributed by atoms with van der Waals surface area (Å²) in [6.07, 6.45) is 0.361. The third-order valence-electron chi connectivity index (χ3n) is 6.01. The van der Waals surface area contributed by atoms with Crippen LogP contribution in [0.5, 0.6) is 0 Å². The highest BCUT2D eigenvalue weighted by molar-refractivity contribution is 6.05. The minimum absolute atomic E-state index is 0.0570. The van der Waals surface area contributed by atoms with E-state index in [2.05, 4.69) is 0 Å². The highest BCUT2D eigenvalue weighted by Crippen LogP contribution is 2.38. The van der Waals surface area contributed by atoms with Gasteiger partial charge >= 0.3 is 0 Å². The fourth-order valence-corrected chi connectivity index (χ4v) is 4.45. The van der Waals surface area contributed by atoms with Crippen molar-refractivity contribution in [1.82, 2.24) is 9.55 Å². The Morgan fingerprint density at radius 2 is 1.61 bits per heavy atom. The van der Waals surface area contributed by atoms with Gasteiger partial charge in [-0.25, -0.2) is 4.98 Å². The Morgan fingerprint density at radius 3 is 2.39 bits per heavy atom. The number of hydrogen-bond acceptors (Lipinski definition) is 3. The Balaban J connectivity index is 1.70. The number of aryl methyl sites for hydroxylation is 1. The molecule has 1 atom stereocenters. The molecule has 0 unspecified atom stereocenters. The molecule has 4 aromatic rings. The number of likely N-dealkylation sites (N-methyl/N-ethyl adjacent to an activating group) is 1. The Kier molecular flexibility index (Phi) is 4.66. The molecule has 0 saturated heterocycles. The summed E-state index contributed by atoms with van der Waals surface area (Å²) in [5, 5.41) is 0.570. The van der Waals surface area contributed by atoms with E-state index >= 15 is 0 Å². The fourth-order valence-electron chi connectivity index (χ4n) is 4.45. The molecular formula is C26H23N3O2. The minimum Gasteiger partial charge on any atom is -0.312 e. The van der Waals surface area contributed by atoms with Gasteiger partial charge in [0, 0.05) is 18.7 Å². The highest BCUT2D eigenvalue weighted by Gasteiger charge is 2.37. The first kappa shape index (κ1) is 19.2. The largest absolute Gasteiger partial charge is 0.312 e. The molecule has 0 spiro atoms. The third-order valence-corrected chi connectivity index (χ3v) is 6.01. The van der Waals surface area contributed by atoms with E-state index in [0.29, 0.717) is 29.7 Å². The Morgan fingerprint density at radius 1 is 0.903 bits per heavy atom. The summed E-state index contributed by atoms with van der Waals surface area (Å²) in [5.74, 6) is 0.293. The summed E-state index contributed by atoms with van der Waals surface area (Å²) in [7, 11) is 0. The van der Waals surface area contributed by atoms with Crippen LogP contribution < -0.4 is 10.5 Å². The van der Waals surface area contributed by atoms with Gasteiger partial charge in [-0.1, -0.05) is 48.0 Å². The van der Waals surface area contributed by atoms with Gasteiger partial charge in [0.2, 0.25) is 5.91 Å². The van der Waals surface area contributed by atoms with Crippen LogP contribution in [0.4, 0.5) is 5.69 Å². The van der Waals surface area contributed by atoms with Crippen molar-refractivity contribution >= 4 is 22.5 Å². The van der Waals surface area contributed by atoms with E-state index in [1.165, 1.54) is 0 Å². The lowest BCUT2D eigenvalue weighted by Gasteiger charge is -2.17. The molecule has 154 valence electrons. The molecule has 0 bridgehead atoms. The molecule has 5 nitrogen and oxygen atoms in total. The number of amides is 1. The Hall–Kier alpha value is -3.73. The van der Waals surface area contributed by atoms with Crippen LogP contribution in [-0.4, -0.2) is 22.0 Å². The number of rotatable bonds is 4. The third kappa shape index (κ3) is 3.13. The second-order valence-corrected chi connectivity index (χ2v) is 7.92. The first-order chi connectivity index (χ1) is 15.1. The second-order valence-electron chi connectivity index (χ2n) is 7.92. The number of nitrogens with zero attached hydrogens (tertiary/aromatic N) is 3. The van der Waals surface area contributed by atoms with Gasteiger partial charge in [-0.15, -0.1) is 0 Å². The predicted octanol–water partition coefficient (Wildman–Crippen LogP) is 4.39. The standard InChI is InChI=1S/C26H23N3O2/c1-3-28-23-11-7-5-8-19(23)21(25(28)30)16-24-27-22-10-6-4-9-20(22)26(31)29(24)18-14-12-17(2)13-15-18/h4-15,21H,3,16H2,1-2H3/t21-/m0/s1. The molecule has 5 rings (SSSR count). The van der Waals surface area contributed by atoms with Gasteiger partial charge in [0.05, 0.1) is 22.5 Å². The van der Waals surface area contributed by atoms with Crippen molar-refractivity contribution in [3.05, 3.63) is 100 Å². The van der Waals surface area contributed by atoms with Crippen molar-refractivity contribution in [2.45, 2.75) is 26.2 Å². The highest BCUT2D eigenvalue weighted by atomic mass is 16.2. The Bertz CT molecular complexity index is 1360. The zero-order valence-corrected chi connectivity index (χ0v) is 17.6. The SMILES string of the molecule is CCN1C(=O)[C@@H](Cc2nc3ccccc3c(=O)n2-c2ccc(C)cc2)c2ccccc21. The summed E-state index contributed by atoms with van der Waals surface area (Å²) in [6, 6.07) is 23.1. The molecule has 2 heterocycles. The molecule has 5 heteroatoms. The second kappa shape index (κ2) is 7.51. The van der Waals surface area contributed by atoms with Crippen LogP contribution in [0, 0.1) is 6.92 Å². The molecule has 1 amide bonds. The number of hydrogen-bond donors (Lipinski definition) is 0. The molecule has 0 fully saturated rings. The van der Waals surface area contributed by atoms with E-state index < -0.39 is 0 Å². The van der Waals surface area contributed by atoms with Crippen LogP contribution >= 0.6 is 0 Å². The van der Waals surface area contributed by atoms with Crippen LogP contribution in [-0.2, 0) is 11.2 Å². The zero-order chi connectivity index (χ0) is 21.5. The van der Waals surface area contributed by atoms with Gasteiger partial charge < -0.3 is 4.90 Å². The smallest absolute Gasteiger partial charge is 0.265 e. The van der Waals surface area contributed by atoms with Crippen LogP contribution in [0.2, 0.25) is 0 Å². The molecule has 1 aromatic heterocycles. The van der Waals surface area contributed by atoms with E-state index in [-0.39, 0.29) is 17.4 Å². The van der Waals surface area contributed by atoms with Gasteiger partial charge in [0.1, 0.15) is 5.82 Å². The summed E-state index contributed by atoms with van der Waals surface area (Å²) in [4.78, 5) is 33.4. The van der Waals surface area contributed by atoms with Crippen LogP contribution in [0.1, 0.15) is 29.8 Å². The summed E-state index contributed by atoms with van der Waals surface area (Å²) >= 11 is 0. The van der Waals surface area contributed by atoms with Crippen molar-refractivity contribution in [3.63, 3.8) is 0 Å². The molecule has 0 N–H and O–H groups in total. The van der Waals surface area contributed by atoms with Gasteiger partial charge in [-0.2, -0.15) is 0 Å². The summed E-state index contributed by atoms with van der Waals surface area (Å²) in [5.41, 5.74) is 4.35. The van der Waals surface area contributed by atoms with E-state index in [4.69, 9.17) is 4.98 Å². The van der Waals surface area contributed by atoms with Crippen molar-refractivity contribution in [3.8, 4) is 5.69 Å². The number of benzene rings is 3. The van der Waals surface area contributed by atoms with E-state index in [1.54, 1.807) is 10.6 Å². The summed E-state index contributed by atoms with van der Waals surface area (Å²) < 4.78 is 1.66. The number of aromatic nitrogens is 2. The molecule has 31 heavy (non-hydrogen) atoms. The molecule has 1 aliphatic heterocycles. The lowest BCUT2D eigenvalue weighted by Crippen LogP contribution is -2.31. The molecule has 0 saturated carbocycles. The van der Waals surface area contributed by atoms with Crippen molar-refractivity contribution in [1.29, 1.82) is 0 Å². The topological polar surface area (TPSA) is 55.2 Å². The van der Waals surface area contributed by atoms with Crippen LogP contribution in [0.25, 0.3) is 16.6 Å². The normalized spacial score (nSPS) is 15.5. The summed E-state index contributed by atoms with van der Waals surface area (Å²) in [6.45, 7) is 4.61. The van der Waals surface area contributed by atoms with Crippen LogP contribution in [0.15, 0.2) is 77.6 Å². The lowest BCUT2D eigenvalue weighted by atomic mass is 9.96. The molecule has 3 aromatic carbocycles. The fraction of sp³-hybridized carbons (Fsp3) is 0.192. The lowest BCUT2D eigenvalue weighted by molar-refractivity contribution is -0.119. The Labute approximate surface area is 180 Å². The van der Waals surface area contributed by atoms with Crippen molar-refractivity contribution in [2.24, 2.45) is 0 Å². The van der Waals surface area contributed by atoms with Gasteiger partial charge in [0.15, 0.2) is 0 Å². The molecule has 0 radical (unpaired) electrons. The number of para-hydroxylation sites is 2. The van der Waals surface area contributed by atoms with E-state index in [1.807, 2.05) is 85.5 Å². The average Bonchev–Trinajstić information content (AvgIpc) is 3.06. The number of carbonyl (C=O) groups excluding carboxylic acids is 1. The maximum absolute atomic E-state index is 13.5. The van der Waals surface area contributed by atoms with Crippen molar-refractivity contribution in [2.75, 3.05) is 11.4 Å². The number of anilines is 1. The predicted molar refractivity (Wildman–Crippen MR) is 123 cm³/mol.